The topological polar surface area (TPSA) is 66.4 Å². The first-order valence-electron chi connectivity index (χ1n) is 5.70. The Morgan fingerprint density at radius 3 is 2.52 bits per heavy atom. The molecule has 2 aromatic carbocycles. The summed E-state index contributed by atoms with van der Waals surface area (Å²) in [6.07, 6.45) is 0. The average Bonchev–Trinajstić information content (AvgIpc) is 2.41. The lowest BCUT2D eigenvalue weighted by Crippen LogP contribution is -2.14. The molecule has 0 atom stereocenters. The molecule has 0 radical (unpaired) electrons. The van der Waals surface area contributed by atoms with Gasteiger partial charge in [-0.1, -0.05) is 17.7 Å². The van der Waals surface area contributed by atoms with Crippen LogP contribution < -0.4 is 4.72 Å². The molecular weight excluding hydrogens is 385 g/mol. The summed E-state index contributed by atoms with van der Waals surface area (Å²) in [7, 11) is -3.97. The van der Waals surface area contributed by atoms with Crippen LogP contribution in [0.4, 0.5) is 10.1 Å². The average molecular weight is 395 g/mol. The highest BCUT2D eigenvalue weighted by Gasteiger charge is 2.19. The fourth-order valence-electron chi connectivity index (χ4n) is 1.63. The molecule has 0 saturated heterocycles. The van der Waals surface area contributed by atoms with Gasteiger partial charge >= 0.3 is 0 Å². The van der Waals surface area contributed by atoms with Crippen molar-refractivity contribution in [1.82, 2.24) is 0 Å². The van der Waals surface area contributed by atoms with Crippen molar-refractivity contribution >= 4 is 43.2 Å². The van der Waals surface area contributed by atoms with Crippen LogP contribution in [0.1, 0.15) is 5.56 Å². The summed E-state index contributed by atoms with van der Waals surface area (Å²) in [5.41, 5.74) is 0.357. The lowest BCUT2D eigenvalue weighted by molar-refractivity contribution is 0.281. The van der Waals surface area contributed by atoms with Gasteiger partial charge < -0.3 is 5.11 Å². The summed E-state index contributed by atoms with van der Waals surface area (Å²) in [5, 5.41) is 9.18. The number of anilines is 1. The molecule has 8 heteroatoms. The van der Waals surface area contributed by atoms with Crippen molar-refractivity contribution in [2.45, 2.75) is 11.5 Å². The van der Waals surface area contributed by atoms with E-state index in [9.17, 15) is 12.8 Å². The standard InChI is InChI=1S/C13H10BrClFNO3S/c14-10-5-8(7-18)1-4-13(10)21(19,20)17-12-3-2-9(15)6-11(12)16/h1-6,17-18H,7H2. The van der Waals surface area contributed by atoms with Gasteiger partial charge in [0.05, 0.1) is 12.3 Å². The number of hydrogen-bond donors (Lipinski definition) is 2. The summed E-state index contributed by atoms with van der Waals surface area (Å²) < 4.78 is 40.6. The molecule has 0 aliphatic rings. The predicted octanol–water partition coefficient (Wildman–Crippen LogP) is 3.53. The predicted molar refractivity (Wildman–Crippen MR) is 82.3 cm³/mol. The first-order chi connectivity index (χ1) is 9.83. The smallest absolute Gasteiger partial charge is 0.263 e. The molecule has 0 aromatic heterocycles. The molecular formula is C13H10BrClFNO3S. The van der Waals surface area contributed by atoms with Crippen molar-refractivity contribution < 1.29 is 17.9 Å². The van der Waals surface area contributed by atoms with Crippen LogP contribution in [0.2, 0.25) is 5.02 Å². The molecule has 2 aromatic rings. The second-order valence-corrected chi connectivity index (χ2v) is 7.09. The lowest BCUT2D eigenvalue weighted by Gasteiger charge is -2.11. The van der Waals surface area contributed by atoms with Gasteiger partial charge in [-0.3, -0.25) is 4.72 Å². The van der Waals surface area contributed by atoms with E-state index in [2.05, 4.69) is 20.7 Å². The normalized spacial score (nSPS) is 11.4. The van der Waals surface area contributed by atoms with E-state index in [0.717, 1.165) is 6.07 Å². The van der Waals surface area contributed by atoms with Crippen molar-refractivity contribution in [1.29, 1.82) is 0 Å². The number of aliphatic hydroxyl groups excluding tert-OH is 1. The van der Waals surface area contributed by atoms with Crippen LogP contribution in [0.5, 0.6) is 0 Å². The van der Waals surface area contributed by atoms with Gasteiger partial charge in [-0.2, -0.15) is 0 Å². The van der Waals surface area contributed by atoms with E-state index in [1.54, 1.807) is 0 Å². The van der Waals surface area contributed by atoms with E-state index in [1.165, 1.54) is 30.3 Å². The molecule has 0 heterocycles. The van der Waals surface area contributed by atoms with Gasteiger partial charge in [0.1, 0.15) is 10.7 Å². The first-order valence-corrected chi connectivity index (χ1v) is 8.36. The van der Waals surface area contributed by atoms with Crippen LogP contribution in [0, 0.1) is 5.82 Å². The Morgan fingerprint density at radius 2 is 1.95 bits per heavy atom. The third-order valence-corrected chi connectivity index (χ3v) is 5.22. The fourth-order valence-corrected chi connectivity index (χ4v) is 3.98. The highest BCUT2D eigenvalue weighted by atomic mass is 79.9. The zero-order valence-electron chi connectivity index (χ0n) is 10.5. The van der Waals surface area contributed by atoms with E-state index in [1.807, 2.05) is 0 Å². The molecule has 0 fully saturated rings. The maximum atomic E-state index is 13.7. The second-order valence-electron chi connectivity index (χ2n) is 4.15. The zero-order chi connectivity index (χ0) is 15.6. The molecule has 2 N–H and O–H groups in total. The Kier molecular flexibility index (Phi) is 4.88. The molecule has 0 amide bonds. The number of nitrogens with one attached hydrogen (secondary N) is 1. The number of sulfonamides is 1. The summed E-state index contributed by atoms with van der Waals surface area (Å²) in [6, 6.07) is 7.91. The van der Waals surface area contributed by atoms with Crippen LogP contribution in [0.15, 0.2) is 45.8 Å². The first kappa shape index (κ1) is 16.2. The highest BCUT2D eigenvalue weighted by molar-refractivity contribution is 9.10. The molecule has 112 valence electrons. The van der Waals surface area contributed by atoms with Gasteiger partial charge in [0.15, 0.2) is 0 Å². The van der Waals surface area contributed by atoms with Gasteiger partial charge in [0.25, 0.3) is 10.0 Å². The Labute approximate surface area is 134 Å². The third kappa shape index (κ3) is 3.74. The summed E-state index contributed by atoms with van der Waals surface area (Å²) in [4.78, 5) is -0.0611. The van der Waals surface area contributed by atoms with Crippen LogP contribution in [0.3, 0.4) is 0 Å². The highest BCUT2D eigenvalue weighted by Crippen LogP contribution is 2.27. The largest absolute Gasteiger partial charge is 0.392 e. The van der Waals surface area contributed by atoms with Crippen LogP contribution >= 0.6 is 27.5 Å². The Balaban J connectivity index is 2.38. The minimum absolute atomic E-state index is 0.0611. The molecule has 0 unspecified atom stereocenters. The Hall–Kier alpha value is -1.15. The van der Waals surface area contributed by atoms with E-state index < -0.39 is 15.8 Å². The van der Waals surface area contributed by atoms with Gasteiger partial charge in [0, 0.05) is 9.50 Å². The molecule has 0 aliphatic carbocycles. The van der Waals surface area contributed by atoms with E-state index in [-0.39, 0.29) is 26.7 Å². The zero-order valence-corrected chi connectivity index (χ0v) is 13.6. The van der Waals surface area contributed by atoms with Crippen molar-refractivity contribution in [2.75, 3.05) is 4.72 Å². The Morgan fingerprint density at radius 1 is 1.24 bits per heavy atom. The van der Waals surface area contributed by atoms with Crippen LogP contribution in [-0.4, -0.2) is 13.5 Å². The number of aliphatic hydroxyl groups is 1. The van der Waals surface area contributed by atoms with Gasteiger partial charge in [-0.25, -0.2) is 12.8 Å². The number of halogens is 3. The van der Waals surface area contributed by atoms with Crippen LogP contribution in [0.25, 0.3) is 0 Å². The molecule has 0 aliphatic heterocycles. The quantitative estimate of drug-likeness (QED) is 0.833. The summed E-state index contributed by atoms with van der Waals surface area (Å²) in [6.45, 7) is -0.210. The third-order valence-electron chi connectivity index (χ3n) is 2.64. The minimum Gasteiger partial charge on any atom is -0.392 e. The summed E-state index contributed by atoms with van der Waals surface area (Å²) >= 11 is 8.74. The van der Waals surface area contributed by atoms with Gasteiger partial charge in [0.2, 0.25) is 0 Å². The second kappa shape index (κ2) is 6.31. The van der Waals surface area contributed by atoms with Crippen molar-refractivity contribution in [3.05, 3.63) is 57.3 Å². The number of hydrogen-bond acceptors (Lipinski definition) is 3. The monoisotopic (exact) mass is 393 g/mol. The molecule has 0 bridgehead atoms. The summed E-state index contributed by atoms with van der Waals surface area (Å²) in [5.74, 6) is -0.769. The maximum absolute atomic E-state index is 13.7. The van der Waals surface area contributed by atoms with Crippen molar-refractivity contribution in [3.63, 3.8) is 0 Å². The number of rotatable bonds is 4. The molecule has 0 saturated carbocycles. The Bertz CT molecular complexity index is 783. The fraction of sp³-hybridized carbons (Fsp3) is 0.0769. The SMILES string of the molecule is O=S(=O)(Nc1ccc(Cl)cc1F)c1ccc(CO)cc1Br. The maximum Gasteiger partial charge on any atom is 0.263 e. The molecule has 21 heavy (non-hydrogen) atoms. The van der Waals surface area contributed by atoms with Gasteiger partial charge in [-0.05, 0) is 51.8 Å². The molecule has 4 nitrogen and oxygen atoms in total. The van der Waals surface area contributed by atoms with Crippen LogP contribution in [-0.2, 0) is 16.6 Å². The van der Waals surface area contributed by atoms with E-state index in [0.29, 0.717) is 5.56 Å². The molecule has 0 spiro atoms. The van der Waals surface area contributed by atoms with Gasteiger partial charge in [-0.15, -0.1) is 0 Å². The van der Waals surface area contributed by atoms with E-state index in [4.69, 9.17) is 16.7 Å². The van der Waals surface area contributed by atoms with E-state index >= 15 is 0 Å². The number of benzene rings is 2. The lowest BCUT2D eigenvalue weighted by atomic mass is 10.2. The van der Waals surface area contributed by atoms with Crippen molar-refractivity contribution in [2.24, 2.45) is 0 Å². The molecule has 2 rings (SSSR count). The van der Waals surface area contributed by atoms with Crippen molar-refractivity contribution in [3.8, 4) is 0 Å². The minimum atomic E-state index is -3.97.